The fourth-order valence-corrected chi connectivity index (χ4v) is 10.8. The van der Waals surface area contributed by atoms with Crippen LogP contribution in [-0.4, -0.2) is 0 Å². The van der Waals surface area contributed by atoms with Crippen molar-refractivity contribution in [2.75, 3.05) is 11.5 Å². The first-order valence-electron chi connectivity index (χ1n) is 24.8. The summed E-state index contributed by atoms with van der Waals surface area (Å²) >= 11 is 3.31. The maximum absolute atomic E-state index is 6.73. The Morgan fingerprint density at radius 3 is 1.19 bits per heavy atom. The van der Waals surface area contributed by atoms with Gasteiger partial charge in [0.25, 0.3) is 0 Å². The van der Waals surface area contributed by atoms with Crippen molar-refractivity contribution in [1.29, 1.82) is 0 Å². The molecule has 5 heteroatoms. The molecular formula is C69H64BrN2OP. The van der Waals surface area contributed by atoms with Gasteiger partial charge in [-0.25, -0.2) is 0 Å². The van der Waals surface area contributed by atoms with E-state index >= 15 is 0 Å². The number of nitrogens with two attached hydrogens (primary N) is 2. The van der Waals surface area contributed by atoms with E-state index in [9.17, 15) is 0 Å². The summed E-state index contributed by atoms with van der Waals surface area (Å²) in [7, 11) is 0.574. The highest BCUT2D eigenvalue weighted by atomic mass is 79.9. The van der Waals surface area contributed by atoms with Crippen molar-refractivity contribution in [1.82, 2.24) is 0 Å². The molecule has 0 saturated carbocycles. The molecule has 0 amide bonds. The Balaban J connectivity index is 0.000000146. The van der Waals surface area contributed by atoms with Crippen LogP contribution in [0.3, 0.4) is 0 Å². The van der Waals surface area contributed by atoms with Gasteiger partial charge in [-0.05, 0) is 97.3 Å². The molecule has 1 aliphatic rings. The van der Waals surface area contributed by atoms with Gasteiger partial charge < -0.3 is 16.2 Å². The number of benzene rings is 11. The van der Waals surface area contributed by atoms with E-state index in [4.69, 9.17) is 16.2 Å². The lowest BCUT2D eigenvalue weighted by Crippen LogP contribution is -2.27. The minimum Gasteiger partial charge on any atom is -0.456 e. The third-order valence-corrected chi connectivity index (χ3v) is 15.0. The predicted octanol–water partition coefficient (Wildman–Crippen LogP) is 17.4. The van der Waals surface area contributed by atoms with Crippen molar-refractivity contribution in [2.45, 2.75) is 46.0 Å². The molecule has 0 bridgehead atoms. The number of fused-ring (bicyclic) bond motifs is 4. The number of ether oxygens (including phenoxy) is 1. The van der Waals surface area contributed by atoms with Gasteiger partial charge in [-0.15, -0.1) is 0 Å². The van der Waals surface area contributed by atoms with E-state index in [1.54, 1.807) is 0 Å². The number of halogens is 1. The Morgan fingerprint density at radius 2 is 0.757 bits per heavy atom. The summed E-state index contributed by atoms with van der Waals surface area (Å²) in [4.78, 5) is 0. The first kappa shape index (κ1) is 52.6. The van der Waals surface area contributed by atoms with Crippen LogP contribution in [0.5, 0.6) is 11.5 Å². The molecular weight excluding hydrogens is 984 g/mol. The van der Waals surface area contributed by atoms with Crippen molar-refractivity contribution in [3.8, 4) is 11.5 Å². The molecule has 1 heterocycles. The van der Waals surface area contributed by atoms with Crippen LogP contribution in [0, 0.1) is 0 Å². The molecule has 0 aromatic heterocycles. The maximum atomic E-state index is 6.73. The van der Waals surface area contributed by atoms with Crippen LogP contribution in [0.1, 0.15) is 65.8 Å². The lowest BCUT2D eigenvalue weighted by atomic mass is 9.75. The summed E-state index contributed by atoms with van der Waals surface area (Å²) in [6.07, 6.45) is 2.83. The molecule has 1 unspecified atom stereocenters. The molecule has 0 fully saturated rings. The van der Waals surface area contributed by atoms with Crippen molar-refractivity contribution in [3.05, 3.63) is 310 Å². The lowest BCUT2D eigenvalue weighted by Gasteiger charge is -2.36. The zero-order valence-corrected chi connectivity index (χ0v) is 44.0. The fraction of sp³-hybridized carbons (Fsp3) is 0.101. The molecule has 368 valence electrons. The third kappa shape index (κ3) is 13.4. The third-order valence-electron chi connectivity index (χ3n) is 13.2. The van der Waals surface area contributed by atoms with E-state index in [2.05, 4.69) is 224 Å². The van der Waals surface area contributed by atoms with Crippen LogP contribution in [0.2, 0.25) is 0 Å². The number of hydrogen-bond donors (Lipinski definition) is 2. The van der Waals surface area contributed by atoms with E-state index in [1.165, 1.54) is 65.9 Å². The van der Waals surface area contributed by atoms with Gasteiger partial charge in [-0.3, -0.25) is 0 Å². The molecule has 0 radical (unpaired) electrons. The summed E-state index contributed by atoms with van der Waals surface area (Å²) in [6.45, 7) is 4.63. The Morgan fingerprint density at radius 1 is 0.392 bits per heavy atom. The molecule has 0 spiro atoms. The zero-order chi connectivity index (χ0) is 50.4. The highest BCUT2D eigenvalue weighted by Crippen LogP contribution is 2.49. The monoisotopic (exact) mass is 1050 g/mol. The molecule has 1 aliphatic heterocycles. The van der Waals surface area contributed by atoms with E-state index in [0.717, 1.165) is 46.0 Å². The van der Waals surface area contributed by atoms with Crippen LogP contribution in [0.4, 0.5) is 11.4 Å². The SMILES string of the molecule is Brc1ccccc1.C.CC1(C)c2cccc(Cc3ccccc3)c2Oc2c(Pc3ccccc3)cccc21.Nc1cc2ccccc2cc1N.c1ccc(Cc2cc3ccccc3cc2Cc2ccccc2)cc1. The Kier molecular flexibility index (Phi) is 17.9. The Bertz CT molecular complexity index is 3320. The van der Waals surface area contributed by atoms with Gasteiger partial charge in [0.1, 0.15) is 11.5 Å². The smallest absolute Gasteiger partial charge is 0.139 e. The molecule has 4 N–H and O–H groups in total. The van der Waals surface area contributed by atoms with Crippen LogP contribution in [0.25, 0.3) is 21.5 Å². The average molecular weight is 1050 g/mol. The highest BCUT2D eigenvalue weighted by molar-refractivity contribution is 9.10. The Hall–Kier alpha value is -7.75. The lowest BCUT2D eigenvalue weighted by molar-refractivity contribution is 0.417. The van der Waals surface area contributed by atoms with E-state index in [1.807, 2.05) is 66.7 Å². The Labute approximate surface area is 448 Å². The first-order valence-corrected chi connectivity index (χ1v) is 26.6. The molecule has 11 aromatic carbocycles. The van der Waals surface area contributed by atoms with Gasteiger partial charge in [-0.1, -0.05) is 282 Å². The van der Waals surface area contributed by atoms with Crippen molar-refractivity contribution >= 4 is 68.0 Å². The van der Waals surface area contributed by atoms with Gasteiger partial charge in [0.15, 0.2) is 0 Å². The zero-order valence-electron chi connectivity index (χ0n) is 41.4. The largest absolute Gasteiger partial charge is 0.456 e. The summed E-state index contributed by atoms with van der Waals surface area (Å²) in [6, 6.07) is 91.1. The summed E-state index contributed by atoms with van der Waals surface area (Å²) in [5.41, 5.74) is 23.2. The maximum Gasteiger partial charge on any atom is 0.139 e. The van der Waals surface area contributed by atoms with E-state index in [-0.39, 0.29) is 12.8 Å². The van der Waals surface area contributed by atoms with Crippen LogP contribution < -0.4 is 26.8 Å². The van der Waals surface area contributed by atoms with Gasteiger partial charge in [0, 0.05) is 32.7 Å². The fourth-order valence-electron chi connectivity index (χ4n) is 9.30. The van der Waals surface area contributed by atoms with Crippen LogP contribution in [0.15, 0.2) is 265 Å². The molecule has 74 heavy (non-hydrogen) atoms. The van der Waals surface area contributed by atoms with Gasteiger partial charge in [-0.2, -0.15) is 0 Å². The minimum absolute atomic E-state index is 0. The van der Waals surface area contributed by atoms with E-state index < -0.39 is 0 Å². The summed E-state index contributed by atoms with van der Waals surface area (Å²) in [5.74, 6) is 2.07. The predicted molar refractivity (Wildman–Crippen MR) is 324 cm³/mol. The summed E-state index contributed by atoms with van der Waals surface area (Å²) < 4.78 is 7.86. The van der Waals surface area contributed by atoms with Gasteiger partial charge >= 0.3 is 0 Å². The molecule has 3 nitrogen and oxygen atoms in total. The number of rotatable bonds is 8. The minimum atomic E-state index is -0.104. The molecule has 12 rings (SSSR count). The topological polar surface area (TPSA) is 61.3 Å². The average Bonchev–Trinajstić information content (AvgIpc) is 3.42. The second-order valence-electron chi connectivity index (χ2n) is 18.8. The second kappa shape index (κ2) is 25.3. The van der Waals surface area contributed by atoms with Crippen LogP contribution in [-0.2, 0) is 24.7 Å². The standard InChI is InChI=1S/C28H25OP.C24H20.C10H10N2.C6H5Br.CH4/c1-28(2)23-16-9-13-21(19-20-11-5-3-6-12-20)26(23)29-27-24(28)17-10-18-25(27)30-22-14-7-4-8-15-22;1-3-9-19(10-4-1)15-23-17-21-13-7-8-14-22(21)18-24(23)16-20-11-5-2-6-12-20;11-9-5-7-3-1-2-4-8(7)6-10(9)12;7-6-4-2-1-3-5-6;/h3-18,30H,19H2,1-2H3;1-14,17-18H,15-16H2;1-6H,11-12H2;1-5H;1H4. The number of anilines is 2. The molecule has 0 aliphatic carbocycles. The molecule has 1 atom stereocenters. The number of para-hydroxylation sites is 2. The second-order valence-corrected chi connectivity index (χ2v) is 21.1. The normalized spacial score (nSPS) is 11.8. The van der Waals surface area contributed by atoms with E-state index in [0.29, 0.717) is 20.0 Å². The van der Waals surface area contributed by atoms with Crippen LogP contribution >= 0.6 is 24.5 Å². The quantitative estimate of drug-likeness (QED) is 0.118. The van der Waals surface area contributed by atoms with Gasteiger partial charge in [0.2, 0.25) is 0 Å². The first-order chi connectivity index (χ1) is 35.7. The highest BCUT2D eigenvalue weighted by Gasteiger charge is 2.36. The molecule has 0 saturated heterocycles. The van der Waals surface area contributed by atoms with Gasteiger partial charge in [0.05, 0.1) is 11.4 Å². The summed E-state index contributed by atoms with van der Waals surface area (Å²) in [5, 5.41) is 7.50. The van der Waals surface area contributed by atoms with Crippen molar-refractivity contribution < 1.29 is 4.74 Å². The van der Waals surface area contributed by atoms with Crippen molar-refractivity contribution in [3.63, 3.8) is 0 Å². The number of nitrogen functional groups attached to an aromatic ring is 2. The van der Waals surface area contributed by atoms with Crippen molar-refractivity contribution in [2.24, 2.45) is 0 Å². The molecule has 11 aromatic rings. The number of hydrogen-bond acceptors (Lipinski definition) is 3.